The van der Waals surface area contributed by atoms with Crippen molar-refractivity contribution in [2.45, 2.75) is 25.8 Å². The highest BCUT2D eigenvalue weighted by Crippen LogP contribution is 2.22. The number of amides is 1. The van der Waals surface area contributed by atoms with Crippen molar-refractivity contribution in [3.05, 3.63) is 34.1 Å². The standard InChI is InChI=1S/C15H20BrFN2O/c1-3-19-8-6-12(7-9-19)18(2)15(20)13-5-4-11(17)10-14(13)16/h4-5,10,12H,3,6-9H2,1-2H3. The van der Waals surface area contributed by atoms with Gasteiger partial charge in [0, 0.05) is 30.7 Å². The number of benzene rings is 1. The van der Waals surface area contributed by atoms with E-state index in [9.17, 15) is 9.18 Å². The lowest BCUT2D eigenvalue weighted by molar-refractivity contribution is 0.0646. The molecule has 3 nitrogen and oxygen atoms in total. The largest absolute Gasteiger partial charge is 0.339 e. The average Bonchev–Trinajstić information content (AvgIpc) is 2.46. The van der Waals surface area contributed by atoms with Crippen molar-refractivity contribution in [2.24, 2.45) is 0 Å². The van der Waals surface area contributed by atoms with Gasteiger partial charge >= 0.3 is 0 Å². The van der Waals surface area contributed by atoms with E-state index in [1.165, 1.54) is 12.1 Å². The first kappa shape index (κ1) is 15.4. The maximum atomic E-state index is 13.1. The quantitative estimate of drug-likeness (QED) is 0.842. The van der Waals surface area contributed by atoms with Crippen molar-refractivity contribution < 1.29 is 9.18 Å². The Bertz CT molecular complexity index is 487. The predicted octanol–water partition coefficient (Wildman–Crippen LogP) is 3.14. The molecule has 1 aromatic carbocycles. The molecule has 110 valence electrons. The van der Waals surface area contributed by atoms with Gasteiger partial charge in [-0.15, -0.1) is 0 Å². The molecule has 0 bridgehead atoms. The highest BCUT2D eigenvalue weighted by atomic mass is 79.9. The summed E-state index contributed by atoms with van der Waals surface area (Å²) in [6.07, 6.45) is 1.99. The lowest BCUT2D eigenvalue weighted by Crippen LogP contribution is -2.45. The second-order valence-corrected chi connectivity index (χ2v) is 6.06. The molecule has 0 spiro atoms. The first-order valence-corrected chi connectivity index (χ1v) is 7.76. The van der Waals surface area contributed by atoms with Gasteiger partial charge in [-0.2, -0.15) is 0 Å². The Morgan fingerprint density at radius 2 is 2.10 bits per heavy atom. The van der Waals surface area contributed by atoms with Crippen LogP contribution in [-0.2, 0) is 0 Å². The van der Waals surface area contributed by atoms with Gasteiger partial charge in [-0.25, -0.2) is 4.39 Å². The zero-order valence-corrected chi connectivity index (χ0v) is 13.5. The van der Waals surface area contributed by atoms with Gasteiger partial charge in [0.2, 0.25) is 0 Å². The minimum absolute atomic E-state index is 0.0492. The average molecular weight is 343 g/mol. The van der Waals surface area contributed by atoms with Gasteiger partial charge in [0.25, 0.3) is 5.91 Å². The zero-order chi connectivity index (χ0) is 14.7. The Morgan fingerprint density at radius 1 is 1.45 bits per heavy atom. The van der Waals surface area contributed by atoms with Crippen LogP contribution in [0.15, 0.2) is 22.7 Å². The Labute approximate surface area is 127 Å². The van der Waals surface area contributed by atoms with Crippen molar-refractivity contribution >= 4 is 21.8 Å². The lowest BCUT2D eigenvalue weighted by atomic mass is 10.0. The first-order valence-electron chi connectivity index (χ1n) is 6.97. The molecule has 1 saturated heterocycles. The molecule has 2 rings (SSSR count). The van der Waals surface area contributed by atoms with Crippen molar-refractivity contribution in [1.82, 2.24) is 9.80 Å². The summed E-state index contributed by atoms with van der Waals surface area (Å²) in [5.41, 5.74) is 0.520. The summed E-state index contributed by atoms with van der Waals surface area (Å²) in [4.78, 5) is 16.7. The van der Waals surface area contributed by atoms with Crippen molar-refractivity contribution in [3.63, 3.8) is 0 Å². The molecule has 0 N–H and O–H groups in total. The van der Waals surface area contributed by atoms with E-state index in [0.29, 0.717) is 10.0 Å². The summed E-state index contributed by atoms with van der Waals surface area (Å²) in [7, 11) is 1.84. The van der Waals surface area contributed by atoms with Crippen LogP contribution in [0.4, 0.5) is 4.39 Å². The second-order valence-electron chi connectivity index (χ2n) is 5.21. The number of nitrogens with zero attached hydrogens (tertiary/aromatic N) is 2. The molecule has 0 aliphatic carbocycles. The number of halogens is 2. The Kier molecular flexibility index (Phi) is 5.16. The molecule has 1 aromatic rings. The molecule has 1 aliphatic heterocycles. The fraction of sp³-hybridized carbons (Fsp3) is 0.533. The van der Waals surface area contributed by atoms with Crippen LogP contribution >= 0.6 is 15.9 Å². The summed E-state index contributed by atoms with van der Waals surface area (Å²) in [6.45, 7) is 5.28. The maximum absolute atomic E-state index is 13.1. The Morgan fingerprint density at radius 3 is 2.65 bits per heavy atom. The highest BCUT2D eigenvalue weighted by Gasteiger charge is 2.26. The highest BCUT2D eigenvalue weighted by molar-refractivity contribution is 9.10. The van der Waals surface area contributed by atoms with Gasteiger partial charge < -0.3 is 9.80 Å². The summed E-state index contributed by atoms with van der Waals surface area (Å²) >= 11 is 3.27. The molecular weight excluding hydrogens is 323 g/mol. The predicted molar refractivity (Wildman–Crippen MR) is 81.3 cm³/mol. The molecule has 1 heterocycles. The van der Waals surface area contributed by atoms with Crippen molar-refractivity contribution in [2.75, 3.05) is 26.7 Å². The van der Waals surface area contributed by atoms with Gasteiger partial charge in [-0.05, 0) is 53.5 Å². The minimum Gasteiger partial charge on any atom is -0.339 e. The molecule has 0 saturated carbocycles. The van der Waals surface area contributed by atoms with Crippen LogP contribution < -0.4 is 0 Å². The number of rotatable bonds is 3. The summed E-state index contributed by atoms with van der Waals surface area (Å²) in [6, 6.07) is 4.47. The van der Waals surface area contributed by atoms with E-state index < -0.39 is 0 Å². The third-order valence-corrected chi connectivity index (χ3v) is 4.69. The smallest absolute Gasteiger partial charge is 0.254 e. The molecule has 0 unspecified atom stereocenters. The van der Waals surface area contributed by atoms with Crippen molar-refractivity contribution in [1.29, 1.82) is 0 Å². The van der Waals surface area contributed by atoms with Gasteiger partial charge in [-0.3, -0.25) is 4.79 Å². The van der Waals surface area contributed by atoms with E-state index in [4.69, 9.17) is 0 Å². The number of hydrogen-bond acceptors (Lipinski definition) is 2. The SMILES string of the molecule is CCN1CCC(N(C)C(=O)c2ccc(F)cc2Br)CC1. The Balaban J connectivity index is 2.05. The number of carbonyl (C=O) groups excluding carboxylic acids is 1. The van der Waals surface area contributed by atoms with Crippen LogP contribution in [0, 0.1) is 5.82 Å². The number of likely N-dealkylation sites (tertiary alicyclic amines) is 1. The number of carbonyl (C=O) groups is 1. The fourth-order valence-electron chi connectivity index (χ4n) is 2.64. The molecule has 0 aromatic heterocycles. The van der Waals surface area contributed by atoms with Crippen LogP contribution in [0.5, 0.6) is 0 Å². The van der Waals surface area contributed by atoms with E-state index in [2.05, 4.69) is 27.8 Å². The van der Waals surface area contributed by atoms with Crippen LogP contribution in [0.1, 0.15) is 30.1 Å². The molecule has 1 fully saturated rings. The maximum Gasteiger partial charge on any atom is 0.254 e. The number of hydrogen-bond donors (Lipinski definition) is 0. The molecule has 0 radical (unpaired) electrons. The molecule has 1 amide bonds. The zero-order valence-electron chi connectivity index (χ0n) is 11.9. The second kappa shape index (κ2) is 6.68. The Hall–Kier alpha value is -0.940. The van der Waals surface area contributed by atoms with E-state index in [0.717, 1.165) is 32.5 Å². The van der Waals surface area contributed by atoms with Crippen LogP contribution in [0.25, 0.3) is 0 Å². The minimum atomic E-state index is -0.340. The molecule has 20 heavy (non-hydrogen) atoms. The monoisotopic (exact) mass is 342 g/mol. The topological polar surface area (TPSA) is 23.6 Å². The van der Waals surface area contributed by atoms with Crippen LogP contribution in [0.3, 0.4) is 0 Å². The van der Waals surface area contributed by atoms with Gasteiger partial charge in [0.1, 0.15) is 5.82 Å². The lowest BCUT2D eigenvalue weighted by Gasteiger charge is -2.36. The van der Waals surface area contributed by atoms with Gasteiger partial charge in [-0.1, -0.05) is 6.92 Å². The third kappa shape index (κ3) is 3.38. The molecular formula is C15H20BrFN2O. The van der Waals surface area contributed by atoms with Crippen molar-refractivity contribution in [3.8, 4) is 0 Å². The summed E-state index contributed by atoms with van der Waals surface area (Å²) < 4.78 is 13.6. The van der Waals surface area contributed by atoms with E-state index in [1.54, 1.807) is 11.0 Å². The van der Waals surface area contributed by atoms with E-state index in [1.807, 2.05) is 7.05 Å². The van der Waals surface area contributed by atoms with Gasteiger partial charge in [0.05, 0.1) is 5.56 Å². The third-order valence-electron chi connectivity index (χ3n) is 4.03. The van der Waals surface area contributed by atoms with Crippen LogP contribution in [0.2, 0.25) is 0 Å². The summed E-state index contributed by atoms with van der Waals surface area (Å²) in [5, 5.41) is 0. The molecule has 5 heteroatoms. The van der Waals surface area contributed by atoms with E-state index >= 15 is 0 Å². The number of piperidine rings is 1. The van der Waals surface area contributed by atoms with E-state index in [-0.39, 0.29) is 17.8 Å². The first-order chi connectivity index (χ1) is 9.52. The van der Waals surface area contributed by atoms with Crippen LogP contribution in [-0.4, -0.2) is 48.4 Å². The molecule has 0 atom stereocenters. The fourth-order valence-corrected chi connectivity index (χ4v) is 3.16. The summed E-state index contributed by atoms with van der Waals surface area (Å²) in [5.74, 6) is -0.390. The van der Waals surface area contributed by atoms with Gasteiger partial charge in [0.15, 0.2) is 0 Å². The molecule has 1 aliphatic rings. The normalized spacial score (nSPS) is 17.2.